The molecule has 184 valence electrons. The lowest BCUT2D eigenvalue weighted by molar-refractivity contribution is -0.127. The van der Waals surface area contributed by atoms with Gasteiger partial charge in [0.2, 0.25) is 5.91 Å². The second-order valence-corrected chi connectivity index (χ2v) is 8.96. The molecule has 0 spiro atoms. The van der Waals surface area contributed by atoms with Crippen LogP contribution in [0.4, 0.5) is 26.0 Å². The van der Waals surface area contributed by atoms with Crippen LogP contribution in [0.5, 0.6) is 0 Å². The lowest BCUT2D eigenvalue weighted by Crippen LogP contribution is -2.58. The Kier molecular flexibility index (Phi) is 5.93. The van der Waals surface area contributed by atoms with E-state index in [-0.39, 0.29) is 46.3 Å². The highest BCUT2D eigenvalue weighted by molar-refractivity contribution is 6.12. The molecule has 0 aromatic carbocycles. The zero-order valence-electron chi connectivity index (χ0n) is 19.0. The average Bonchev–Trinajstić information content (AvgIpc) is 3.13. The molecule has 2 fully saturated rings. The summed E-state index contributed by atoms with van der Waals surface area (Å²) in [7, 11) is 2.00. The van der Waals surface area contributed by atoms with Gasteiger partial charge in [-0.25, -0.2) is 18.3 Å². The number of rotatable bonds is 5. The molecule has 2 amide bonds. The third kappa shape index (κ3) is 4.46. The third-order valence-corrected chi connectivity index (χ3v) is 6.41. The van der Waals surface area contributed by atoms with Crippen LogP contribution in [0.3, 0.4) is 0 Å². The number of fused-ring (bicyclic) bond motifs is 1. The van der Waals surface area contributed by atoms with Crippen molar-refractivity contribution in [2.75, 3.05) is 49.2 Å². The zero-order chi connectivity index (χ0) is 24.7. The second-order valence-electron chi connectivity index (χ2n) is 8.96. The van der Waals surface area contributed by atoms with Crippen molar-refractivity contribution in [1.82, 2.24) is 29.8 Å². The topological polar surface area (TPSA) is 134 Å². The van der Waals surface area contributed by atoms with Crippen molar-refractivity contribution in [3.8, 4) is 0 Å². The first-order valence-electron chi connectivity index (χ1n) is 11.3. The number of aromatic nitrogens is 4. The van der Waals surface area contributed by atoms with E-state index in [4.69, 9.17) is 5.73 Å². The summed E-state index contributed by atoms with van der Waals surface area (Å²) in [5.41, 5.74) is 6.21. The van der Waals surface area contributed by atoms with Crippen LogP contribution in [0.1, 0.15) is 23.2 Å². The van der Waals surface area contributed by atoms with E-state index in [9.17, 15) is 18.4 Å². The maximum Gasteiger partial charge on any atom is 0.263 e. The van der Waals surface area contributed by atoms with Crippen LogP contribution in [0.2, 0.25) is 0 Å². The number of likely N-dealkylation sites (tertiary alicyclic amines) is 1. The van der Waals surface area contributed by atoms with Crippen molar-refractivity contribution >= 4 is 34.7 Å². The van der Waals surface area contributed by atoms with Crippen LogP contribution in [0, 0.1) is 17.6 Å². The van der Waals surface area contributed by atoms with Crippen molar-refractivity contribution in [3.63, 3.8) is 0 Å². The number of amides is 2. The van der Waals surface area contributed by atoms with Crippen LogP contribution < -0.4 is 21.3 Å². The summed E-state index contributed by atoms with van der Waals surface area (Å²) >= 11 is 0. The van der Waals surface area contributed by atoms with Crippen molar-refractivity contribution in [2.45, 2.75) is 18.9 Å². The Morgan fingerprint density at radius 3 is 2.60 bits per heavy atom. The summed E-state index contributed by atoms with van der Waals surface area (Å²) in [6.45, 7) is 2.56. The summed E-state index contributed by atoms with van der Waals surface area (Å²) in [5.74, 6) is -2.18. The van der Waals surface area contributed by atoms with Gasteiger partial charge >= 0.3 is 0 Å². The van der Waals surface area contributed by atoms with E-state index >= 15 is 0 Å². The number of nitrogens with two attached hydrogens (primary N) is 1. The minimum absolute atomic E-state index is 0.0268. The van der Waals surface area contributed by atoms with Gasteiger partial charge in [0.05, 0.1) is 36.5 Å². The van der Waals surface area contributed by atoms with Gasteiger partial charge in [-0.15, -0.1) is 5.10 Å². The Balaban J connectivity index is 1.31. The molecular formula is C22H25F2N9O2. The average molecular weight is 485 g/mol. The highest BCUT2D eigenvalue weighted by Crippen LogP contribution is 2.33. The van der Waals surface area contributed by atoms with Gasteiger partial charge in [-0.05, 0) is 19.9 Å². The fraction of sp³-hybridized carbons (Fsp3) is 0.409. The first kappa shape index (κ1) is 22.9. The quantitative estimate of drug-likeness (QED) is 0.485. The van der Waals surface area contributed by atoms with Crippen LogP contribution in [0.25, 0.3) is 5.65 Å². The van der Waals surface area contributed by atoms with Gasteiger partial charge in [-0.3, -0.25) is 14.6 Å². The molecule has 11 nitrogen and oxygen atoms in total. The molecule has 35 heavy (non-hydrogen) atoms. The Hall–Kier alpha value is -3.87. The van der Waals surface area contributed by atoms with Crippen molar-refractivity contribution < 1.29 is 18.4 Å². The highest BCUT2D eigenvalue weighted by atomic mass is 19.1. The molecule has 4 N–H and O–H groups in total. The summed E-state index contributed by atoms with van der Waals surface area (Å²) in [6, 6.07) is 0.184. The van der Waals surface area contributed by atoms with E-state index in [2.05, 4.69) is 30.6 Å². The molecule has 5 heterocycles. The second kappa shape index (κ2) is 9.06. The molecule has 3 aromatic heterocycles. The Bertz CT molecular complexity index is 1280. The van der Waals surface area contributed by atoms with Gasteiger partial charge in [-0.1, -0.05) is 0 Å². The largest absolute Gasteiger partial charge is 0.381 e. The molecular weight excluding hydrogens is 460 g/mol. The first-order valence-corrected chi connectivity index (χ1v) is 11.3. The number of carbonyl (C=O) groups is 2. The number of piperidine rings is 1. The molecule has 2 saturated heterocycles. The maximum atomic E-state index is 14.9. The number of hydrogen-bond acceptors (Lipinski definition) is 8. The molecule has 2 aliphatic rings. The molecule has 2 aliphatic heterocycles. The zero-order valence-corrected chi connectivity index (χ0v) is 19.0. The summed E-state index contributed by atoms with van der Waals surface area (Å²) in [4.78, 5) is 37.3. The Morgan fingerprint density at radius 2 is 1.89 bits per heavy atom. The number of nitrogens with zero attached hydrogens (tertiary/aromatic N) is 6. The minimum Gasteiger partial charge on any atom is -0.381 e. The number of pyridine rings is 1. The van der Waals surface area contributed by atoms with E-state index < -0.39 is 17.5 Å². The number of carbonyl (C=O) groups excluding carboxylic acids is 2. The predicted molar refractivity (Wildman–Crippen MR) is 124 cm³/mol. The SMILES string of the molecule is CN1CC(NC(=O)C2CCN(c3c(F)cncc3NC(=O)c3c(N)nn4cc(F)cnc34)CC2)C1. The van der Waals surface area contributed by atoms with E-state index in [0.717, 1.165) is 36.2 Å². The predicted octanol–water partition coefficient (Wildman–Crippen LogP) is 0.884. The summed E-state index contributed by atoms with van der Waals surface area (Å²) in [5, 5.41) is 9.63. The number of anilines is 3. The van der Waals surface area contributed by atoms with Crippen molar-refractivity contribution in [3.05, 3.63) is 42.0 Å². The maximum absolute atomic E-state index is 14.9. The molecule has 5 rings (SSSR count). The fourth-order valence-electron chi connectivity index (χ4n) is 4.65. The molecule has 0 saturated carbocycles. The van der Waals surface area contributed by atoms with E-state index in [1.165, 1.54) is 6.20 Å². The third-order valence-electron chi connectivity index (χ3n) is 6.41. The molecule has 0 aliphatic carbocycles. The van der Waals surface area contributed by atoms with Gasteiger partial charge in [0.1, 0.15) is 11.3 Å². The van der Waals surface area contributed by atoms with Gasteiger partial charge in [0.25, 0.3) is 5.91 Å². The van der Waals surface area contributed by atoms with Crippen LogP contribution >= 0.6 is 0 Å². The van der Waals surface area contributed by atoms with Gasteiger partial charge < -0.3 is 26.2 Å². The van der Waals surface area contributed by atoms with Gasteiger partial charge in [-0.2, -0.15) is 0 Å². The van der Waals surface area contributed by atoms with E-state index in [1.807, 2.05) is 7.05 Å². The lowest BCUT2D eigenvalue weighted by Gasteiger charge is -2.39. The van der Waals surface area contributed by atoms with Crippen LogP contribution in [-0.4, -0.2) is 75.6 Å². The molecule has 0 bridgehead atoms. The lowest BCUT2D eigenvalue weighted by atomic mass is 9.94. The number of likely N-dealkylation sites (N-methyl/N-ethyl adjacent to an activating group) is 1. The van der Waals surface area contributed by atoms with Gasteiger partial charge in [0, 0.05) is 32.1 Å². The first-order chi connectivity index (χ1) is 16.8. The van der Waals surface area contributed by atoms with Crippen LogP contribution in [0.15, 0.2) is 24.8 Å². The molecule has 0 atom stereocenters. The molecule has 3 aromatic rings. The smallest absolute Gasteiger partial charge is 0.263 e. The van der Waals surface area contributed by atoms with Crippen molar-refractivity contribution in [1.29, 1.82) is 0 Å². The van der Waals surface area contributed by atoms with E-state index in [0.29, 0.717) is 25.9 Å². The normalized spacial score (nSPS) is 17.4. The number of hydrogen-bond donors (Lipinski definition) is 3. The highest BCUT2D eigenvalue weighted by Gasteiger charge is 2.32. The molecule has 13 heteroatoms. The van der Waals surface area contributed by atoms with Gasteiger partial charge in [0.15, 0.2) is 23.1 Å². The number of nitrogens with one attached hydrogen (secondary N) is 2. The van der Waals surface area contributed by atoms with Crippen LogP contribution in [-0.2, 0) is 4.79 Å². The number of halogens is 2. The number of nitrogen functional groups attached to an aromatic ring is 1. The molecule has 0 radical (unpaired) electrons. The Labute approximate surface area is 199 Å². The minimum atomic E-state index is -0.676. The Morgan fingerprint density at radius 1 is 1.14 bits per heavy atom. The standard InChI is InChI=1S/C22H25F2N9O2/c1-31-10-14(11-31)28-21(34)12-2-4-32(5-3-12)18-15(24)7-26-8-16(18)29-22(35)17-19(25)30-33-9-13(23)6-27-20(17)33/h6-9,12,14H,2-5,10-11H2,1H3,(H2,25,30)(H,28,34)(H,29,35). The van der Waals surface area contributed by atoms with Crippen molar-refractivity contribution in [2.24, 2.45) is 5.92 Å². The summed E-state index contributed by atoms with van der Waals surface area (Å²) in [6.07, 6.45) is 5.53. The summed E-state index contributed by atoms with van der Waals surface area (Å²) < 4.78 is 29.4. The molecule has 0 unspecified atom stereocenters. The van der Waals surface area contributed by atoms with E-state index in [1.54, 1.807) is 4.90 Å². The monoisotopic (exact) mass is 485 g/mol. The fourth-order valence-corrected chi connectivity index (χ4v) is 4.65.